The molecule has 0 amide bonds. The second kappa shape index (κ2) is 7.00. The molecule has 1 aromatic carbocycles. The molecule has 0 saturated heterocycles. The van der Waals surface area contributed by atoms with E-state index < -0.39 is 14.2 Å². The number of carbonyl (C=O) groups is 1. The molecule has 0 aromatic heterocycles. The highest BCUT2D eigenvalue weighted by Gasteiger charge is 2.15. The van der Waals surface area contributed by atoms with Gasteiger partial charge in [0.05, 0.1) is 6.61 Å². The van der Waals surface area contributed by atoms with Crippen LogP contribution in [0, 0.1) is 0 Å². The van der Waals surface area contributed by atoms with Crippen molar-refractivity contribution in [2.24, 2.45) is 0 Å². The van der Waals surface area contributed by atoms with Crippen LogP contribution in [0.2, 0.25) is 25.7 Å². The van der Waals surface area contributed by atoms with Crippen molar-refractivity contribution in [1.82, 2.24) is 0 Å². The average Bonchev–Trinajstić information content (AvgIpc) is 2.27. The van der Waals surface area contributed by atoms with E-state index in [1.807, 2.05) is 24.3 Å². The van der Waals surface area contributed by atoms with Crippen LogP contribution in [0.1, 0.15) is 0 Å². The number of rotatable bonds is 5. The van der Waals surface area contributed by atoms with Gasteiger partial charge >= 0.3 is 6.16 Å². The fraction of sp³-hybridized carbons (Fsp3) is 0.500. The van der Waals surface area contributed by atoms with Gasteiger partial charge in [-0.05, 0) is 30.3 Å². The normalized spacial score (nSPS) is 11.5. The fourth-order valence-electron chi connectivity index (χ4n) is 1.35. The van der Waals surface area contributed by atoms with Crippen molar-refractivity contribution >= 4 is 25.1 Å². The van der Waals surface area contributed by atoms with Gasteiger partial charge in [0.15, 0.2) is 4.90 Å². The summed E-state index contributed by atoms with van der Waals surface area (Å²) in [6, 6.07) is 8.53. The molecule has 0 spiro atoms. The summed E-state index contributed by atoms with van der Waals surface area (Å²) in [6.45, 7) is 7.17. The Balaban J connectivity index is 2.40. The molecule has 1 aromatic rings. The van der Waals surface area contributed by atoms with Crippen LogP contribution < -0.4 is 4.74 Å². The Morgan fingerprint density at radius 1 is 1.16 bits per heavy atom. The first kappa shape index (κ1) is 16.1. The lowest BCUT2D eigenvalue weighted by molar-refractivity contribution is 0.104. The maximum Gasteiger partial charge on any atom is 0.513 e. The monoisotopic (exact) mass is 299 g/mol. The van der Waals surface area contributed by atoms with E-state index in [1.165, 1.54) is 4.90 Å². The maximum absolute atomic E-state index is 11.5. The molecule has 0 aliphatic heterocycles. The molecule has 0 heterocycles. The largest absolute Gasteiger partial charge is 0.513 e. The molecule has 0 bridgehead atoms. The summed E-state index contributed by atoms with van der Waals surface area (Å²) in [7, 11) is -0.950. The Labute approximate surface area is 119 Å². The van der Waals surface area contributed by atoms with Crippen LogP contribution in [0.15, 0.2) is 29.2 Å². The van der Waals surface area contributed by atoms with E-state index in [0.717, 1.165) is 6.04 Å². The molecule has 5 heteroatoms. The molecule has 0 aliphatic carbocycles. The zero-order valence-electron chi connectivity index (χ0n) is 12.4. The minimum absolute atomic E-state index is 0.218. The molecule has 0 fully saturated rings. The van der Waals surface area contributed by atoms with E-state index in [4.69, 9.17) is 9.47 Å². The standard InChI is InChI=1S/C14H23O3SSi/c1-18(2)13-8-6-12(7-9-13)17-14(15)16-10-11-19(3,4)5/h6-9H,10-11H2,1-5H3/q+1. The summed E-state index contributed by atoms with van der Waals surface area (Å²) in [5, 5.41) is 0. The molecule has 0 saturated carbocycles. The number of hydrogen-bond acceptors (Lipinski definition) is 3. The van der Waals surface area contributed by atoms with Crippen molar-refractivity contribution in [2.75, 3.05) is 19.1 Å². The number of benzene rings is 1. The number of carbonyl (C=O) groups excluding carboxylic acids is 1. The number of ether oxygens (including phenoxy) is 2. The van der Waals surface area contributed by atoms with Gasteiger partial charge in [-0.15, -0.1) is 0 Å². The highest BCUT2D eigenvalue weighted by molar-refractivity contribution is 7.95. The van der Waals surface area contributed by atoms with Gasteiger partial charge < -0.3 is 9.47 Å². The van der Waals surface area contributed by atoms with Crippen LogP contribution in [0.5, 0.6) is 5.75 Å². The first-order chi connectivity index (χ1) is 8.78. The van der Waals surface area contributed by atoms with Gasteiger partial charge in [0.25, 0.3) is 0 Å². The summed E-state index contributed by atoms with van der Waals surface area (Å²) in [6.07, 6.45) is 3.69. The summed E-state index contributed by atoms with van der Waals surface area (Å²) in [5.41, 5.74) is 0. The Hall–Kier alpha value is -0.943. The highest BCUT2D eigenvalue weighted by Crippen LogP contribution is 2.16. The van der Waals surface area contributed by atoms with Crippen molar-refractivity contribution < 1.29 is 14.3 Å². The third-order valence-electron chi connectivity index (χ3n) is 2.57. The fourth-order valence-corrected chi connectivity index (χ4v) is 2.74. The van der Waals surface area contributed by atoms with E-state index in [0.29, 0.717) is 12.4 Å². The van der Waals surface area contributed by atoms with Gasteiger partial charge in [0.2, 0.25) is 0 Å². The molecular weight excluding hydrogens is 276 g/mol. The van der Waals surface area contributed by atoms with Crippen LogP contribution in [-0.2, 0) is 15.6 Å². The zero-order valence-corrected chi connectivity index (χ0v) is 14.2. The van der Waals surface area contributed by atoms with Gasteiger partial charge in [0, 0.05) is 19.0 Å². The Morgan fingerprint density at radius 3 is 2.21 bits per heavy atom. The molecule has 1 rings (SSSR count). The number of hydrogen-bond donors (Lipinski definition) is 0. The topological polar surface area (TPSA) is 35.5 Å². The third-order valence-corrected chi connectivity index (χ3v) is 5.49. The first-order valence-corrected chi connectivity index (χ1v) is 12.0. The highest BCUT2D eigenvalue weighted by atomic mass is 32.2. The Kier molecular flexibility index (Phi) is 5.94. The molecule has 0 N–H and O–H groups in total. The van der Waals surface area contributed by atoms with Gasteiger partial charge in [-0.25, -0.2) is 4.79 Å². The van der Waals surface area contributed by atoms with E-state index >= 15 is 0 Å². The van der Waals surface area contributed by atoms with Gasteiger partial charge in [0.1, 0.15) is 18.3 Å². The van der Waals surface area contributed by atoms with Crippen LogP contribution in [0.25, 0.3) is 0 Å². The smallest absolute Gasteiger partial charge is 0.434 e. The lowest BCUT2D eigenvalue weighted by atomic mass is 10.3. The first-order valence-electron chi connectivity index (χ1n) is 6.30. The van der Waals surface area contributed by atoms with Crippen LogP contribution in [0.4, 0.5) is 4.79 Å². The minimum Gasteiger partial charge on any atom is -0.434 e. The van der Waals surface area contributed by atoms with Crippen molar-refractivity contribution in [3.8, 4) is 5.75 Å². The second-order valence-corrected chi connectivity index (χ2v) is 13.5. The van der Waals surface area contributed by atoms with Gasteiger partial charge in [-0.3, -0.25) is 0 Å². The predicted molar refractivity (Wildman–Crippen MR) is 84.1 cm³/mol. The van der Waals surface area contributed by atoms with E-state index in [2.05, 4.69) is 32.2 Å². The molecular formula is C14H23O3SSi+. The van der Waals surface area contributed by atoms with Gasteiger partial charge in [-0.1, -0.05) is 19.6 Å². The lowest BCUT2D eigenvalue weighted by Crippen LogP contribution is -2.23. The molecule has 0 unspecified atom stereocenters. The van der Waals surface area contributed by atoms with Crippen LogP contribution in [0.3, 0.4) is 0 Å². The predicted octanol–water partition coefficient (Wildman–Crippen LogP) is 3.78. The SMILES string of the molecule is C[S+](C)c1ccc(OC(=O)OCC[Si](C)(C)C)cc1. The van der Waals surface area contributed by atoms with Gasteiger partial charge in [-0.2, -0.15) is 0 Å². The molecule has 0 radical (unpaired) electrons. The van der Waals surface area contributed by atoms with E-state index in [1.54, 1.807) is 0 Å². The average molecular weight is 299 g/mol. The zero-order chi connectivity index (χ0) is 14.5. The van der Waals surface area contributed by atoms with Crippen molar-refractivity contribution in [3.63, 3.8) is 0 Å². The summed E-state index contributed by atoms with van der Waals surface area (Å²) < 4.78 is 10.2. The minimum atomic E-state index is -1.17. The quantitative estimate of drug-likeness (QED) is 0.359. The summed E-state index contributed by atoms with van der Waals surface area (Å²) in [4.78, 5) is 12.7. The van der Waals surface area contributed by atoms with Crippen molar-refractivity contribution in [2.45, 2.75) is 30.6 Å². The molecule has 106 valence electrons. The van der Waals surface area contributed by atoms with E-state index in [9.17, 15) is 4.79 Å². The molecule has 0 aliphatic rings. The van der Waals surface area contributed by atoms with Crippen LogP contribution >= 0.6 is 0 Å². The maximum atomic E-state index is 11.5. The Bertz CT molecular complexity index is 410. The van der Waals surface area contributed by atoms with E-state index in [-0.39, 0.29) is 10.9 Å². The molecule has 0 atom stereocenters. The van der Waals surface area contributed by atoms with Crippen LogP contribution in [-0.4, -0.2) is 33.3 Å². The molecule has 19 heavy (non-hydrogen) atoms. The summed E-state index contributed by atoms with van der Waals surface area (Å²) in [5.74, 6) is 0.534. The lowest BCUT2D eigenvalue weighted by Gasteiger charge is -2.14. The molecule has 3 nitrogen and oxygen atoms in total. The second-order valence-electron chi connectivity index (χ2n) is 5.80. The summed E-state index contributed by atoms with van der Waals surface area (Å²) >= 11 is 0. The third kappa shape index (κ3) is 6.68. The Morgan fingerprint density at radius 2 is 1.74 bits per heavy atom. The van der Waals surface area contributed by atoms with Crippen molar-refractivity contribution in [1.29, 1.82) is 0 Å². The van der Waals surface area contributed by atoms with Crippen molar-refractivity contribution in [3.05, 3.63) is 24.3 Å².